The largest absolute Gasteiger partial charge is 0.484 e. The van der Waals surface area contributed by atoms with Gasteiger partial charge in [0.2, 0.25) is 11.8 Å². The van der Waals surface area contributed by atoms with Crippen molar-refractivity contribution >= 4 is 40.1 Å². The molecule has 2 saturated carbocycles. The molecular weight excluding hydrogens is 771 g/mol. The van der Waals surface area contributed by atoms with E-state index >= 15 is 4.39 Å². The fraction of sp³-hybridized carbons (Fsp3) is 0.545. The van der Waals surface area contributed by atoms with Crippen molar-refractivity contribution in [3.8, 4) is 17.1 Å². The number of aromatic nitrogens is 4. The number of benzene rings is 2. The molecule has 14 nitrogen and oxygen atoms in total. The first-order valence-corrected chi connectivity index (χ1v) is 21.7. The van der Waals surface area contributed by atoms with Gasteiger partial charge in [0.05, 0.1) is 16.9 Å². The average molecular weight is 823 g/mol. The van der Waals surface area contributed by atoms with Crippen LogP contribution >= 0.6 is 0 Å². The second-order valence-electron chi connectivity index (χ2n) is 18.0. The molecule has 0 radical (unpaired) electrons. The minimum absolute atomic E-state index is 0.186. The Balaban J connectivity index is 0.671. The van der Waals surface area contributed by atoms with Crippen LogP contribution in [-0.2, 0) is 16.1 Å². The van der Waals surface area contributed by atoms with E-state index in [1.807, 2.05) is 13.0 Å². The molecule has 0 bridgehead atoms. The second-order valence-corrected chi connectivity index (χ2v) is 18.0. The SMILES string of the molecule is CC1(Oc2cc3c(-c4cc(N5CCN(C[C@H]6CC[C@H](CN7CCN(c8cc9c(cc8F)C(=O)N(C8CCC(=O)NC8=O)C9)CC7)CC6)CC5)ncn4)n[nH]c3cc2F)CC1. The minimum Gasteiger partial charge on any atom is -0.484 e. The van der Waals surface area contributed by atoms with Crippen LogP contribution in [0.5, 0.6) is 5.75 Å². The molecule has 2 aromatic heterocycles. The van der Waals surface area contributed by atoms with Gasteiger partial charge < -0.3 is 19.4 Å². The number of amides is 3. The van der Waals surface area contributed by atoms with Crippen LogP contribution in [-0.4, -0.2) is 130 Å². The van der Waals surface area contributed by atoms with E-state index in [1.165, 1.54) is 42.7 Å². The quantitative estimate of drug-likeness (QED) is 0.214. The normalized spacial score (nSPS) is 24.9. The van der Waals surface area contributed by atoms with E-state index < -0.39 is 23.6 Å². The Hall–Kier alpha value is -5.22. The monoisotopic (exact) mass is 822 g/mol. The number of hydrogen-bond acceptors (Lipinski definition) is 11. The summed E-state index contributed by atoms with van der Waals surface area (Å²) in [6.07, 6.45) is 8.83. The maximum Gasteiger partial charge on any atom is 0.255 e. The van der Waals surface area contributed by atoms with Gasteiger partial charge >= 0.3 is 0 Å². The van der Waals surface area contributed by atoms with Crippen molar-refractivity contribution in [3.63, 3.8) is 0 Å². The van der Waals surface area contributed by atoms with Gasteiger partial charge in [-0.2, -0.15) is 5.10 Å². The summed E-state index contributed by atoms with van der Waals surface area (Å²) in [6.45, 7) is 11.3. The van der Waals surface area contributed by atoms with E-state index in [1.54, 1.807) is 18.5 Å². The van der Waals surface area contributed by atoms with Crippen LogP contribution in [0.25, 0.3) is 22.3 Å². The summed E-state index contributed by atoms with van der Waals surface area (Å²) in [5.74, 6) is 0.525. The molecule has 4 aliphatic heterocycles. The number of carbonyl (C=O) groups is 3. The zero-order valence-electron chi connectivity index (χ0n) is 34.1. The summed E-state index contributed by atoms with van der Waals surface area (Å²) in [5.41, 5.74) is 3.20. The van der Waals surface area contributed by atoms with E-state index in [9.17, 15) is 18.8 Å². The standard InChI is InChI=1S/C44H52F2N10O4/c1-44(8-9-44)60-38-20-31-34(21-33(38)46)50-51-41(31)35-22-39(48-26-47-35)55-16-12-53(13-17-55)24-28-4-2-27(3-5-28)23-52-10-14-54(15-11-52)37-18-29-25-56(43(59)30(29)19-32(37)45)36-6-7-40(57)49-42(36)58/h18-22,26-28,36H,2-17,23-25H2,1H3,(H,50,51)(H,49,57,58)/t27-,28-,36?. The average Bonchev–Trinajstić information content (AvgIpc) is 3.71. The predicted molar refractivity (Wildman–Crippen MR) is 221 cm³/mol. The van der Waals surface area contributed by atoms with Crippen molar-refractivity contribution in [2.75, 3.05) is 75.2 Å². The summed E-state index contributed by atoms with van der Waals surface area (Å²) in [4.78, 5) is 57.4. The number of imide groups is 1. The molecule has 2 aromatic carbocycles. The van der Waals surface area contributed by atoms with Gasteiger partial charge in [-0.1, -0.05) is 0 Å². The molecule has 4 aromatic rings. The van der Waals surface area contributed by atoms with Crippen molar-refractivity contribution in [2.45, 2.75) is 76.5 Å². The van der Waals surface area contributed by atoms with Crippen LogP contribution in [0.4, 0.5) is 20.3 Å². The highest BCUT2D eigenvalue weighted by Gasteiger charge is 2.42. The molecule has 2 N–H and O–H groups in total. The summed E-state index contributed by atoms with van der Waals surface area (Å²) < 4.78 is 36.2. The molecule has 3 amide bonds. The van der Waals surface area contributed by atoms with Crippen molar-refractivity contribution < 1.29 is 27.9 Å². The van der Waals surface area contributed by atoms with Gasteiger partial charge in [-0.25, -0.2) is 18.7 Å². The number of aromatic amines is 1. The second kappa shape index (κ2) is 15.7. The zero-order chi connectivity index (χ0) is 41.1. The van der Waals surface area contributed by atoms with E-state index in [-0.39, 0.29) is 42.6 Å². The van der Waals surface area contributed by atoms with Gasteiger partial charge in [-0.3, -0.25) is 34.6 Å². The lowest BCUT2D eigenvalue weighted by Gasteiger charge is -2.40. The lowest BCUT2D eigenvalue weighted by atomic mass is 9.81. The molecule has 1 unspecified atom stereocenters. The van der Waals surface area contributed by atoms with Crippen LogP contribution in [0.1, 0.15) is 74.2 Å². The first-order chi connectivity index (χ1) is 29.1. The molecular formula is C44H52F2N10O4. The molecule has 0 spiro atoms. The highest BCUT2D eigenvalue weighted by atomic mass is 19.1. The Morgan fingerprint density at radius 2 is 1.48 bits per heavy atom. The number of nitrogens with one attached hydrogen (secondary N) is 2. The molecule has 60 heavy (non-hydrogen) atoms. The minimum atomic E-state index is -0.715. The third-order valence-corrected chi connectivity index (χ3v) is 13.8. The van der Waals surface area contributed by atoms with Crippen LogP contribution in [0, 0.1) is 23.5 Å². The number of anilines is 2. The number of piperazine rings is 2. The highest BCUT2D eigenvalue weighted by Crippen LogP contribution is 2.42. The molecule has 316 valence electrons. The van der Waals surface area contributed by atoms with Crippen LogP contribution < -0.4 is 19.9 Å². The van der Waals surface area contributed by atoms with Gasteiger partial charge in [-0.15, -0.1) is 0 Å². The molecule has 3 saturated heterocycles. The maximum absolute atomic E-state index is 15.5. The van der Waals surface area contributed by atoms with E-state index in [0.717, 1.165) is 95.1 Å². The third-order valence-electron chi connectivity index (χ3n) is 13.8. The van der Waals surface area contributed by atoms with Crippen molar-refractivity contribution in [2.24, 2.45) is 11.8 Å². The highest BCUT2D eigenvalue weighted by molar-refractivity contribution is 6.05. The number of nitrogens with zero attached hydrogens (tertiary/aromatic N) is 8. The van der Waals surface area contributed by atoms with Crippen LogP contribution in [0.3, 0.4) is 0 Å². The number of rotatable bonds is 10. The molecule has 6 heterocycles. The number of carbonyl (C=O) groups excluding carboxylic acids is 3. The third kappa shape index (κ3) is 7.79. The van der Waals surface area contributed by atoms with E-state index in [0.29, 0.717) is 40.0 Å². The zero-order valence-corrected chi connectivity index (χ0v) is 34.1. The summed E-state index contributed by atoms with van der Waals surface area (Å²) in [7, 11) is 0. The fourth-order valence-corrected chi connectivity index (χ4v) is 9.96. The Labute approximate surface area is 347 Å². The van der Waals surface area contributed by atoms with Crippen molar-refractivity contribution in [3.05, 3.63) is 59.4 Å². The number of piperidine rings is 1. The van der Waals surface area contributed by atoms with Gasteiger partial charge in [0.15, 0.2) is 11.6 Å². The van der Waals surface area contributed by atoms with E-state index in [2.05, 4.69) is 45.1 Å². The summed E-state index contributed by atoms with van der Waals surface area (Å²) in [6, 6.07) is 7.55. The van der Waals surface area contributed by atoms with Crippen molar-refractivity contribution in [1.82, 2.24) is 40.2 Å². The number of hydrogen-bond donors (Lipinski definition) is 2. The molecule has 16 heteroatoms. The molecule has 2 aliphatic carbocycles. The smallest absolute Gasteiger partial charge is 0.255 e. The van der Waals surface area contributed by atoms with Gasteiger partial charge in [0.1, 0.15) is 35.3 Å². The lowest BCUT2D eigenvalue weighted by molar-refractivity contribution is -0.136. The Kier molecular flexibility index (Phi) is 10.2. The van der Waals surface area contributed by atoms with Gasteiger partial charge in [-0.05, 0) is 87.5 Å². The van der Waals surface area contributed by atoms with Crippen LogP contribution in [0.15, 0.2) is 36.7 Å². The van der Waals surface area contributed by atoms with E-state index in [4.69, 9.17) is 4.74 Å². The van der Waals surface area contributed by atoms with Gasteiger partial charge in [0, 0.05) is 101 Å². The number of halogens is 2. The lowest BCUT2D eigenvalue weighted by Crippen LogP contribution is -2.52. The Bertz CT molecular complexity index is 2310. The summed E-state index contributed by atoms with van der Waals surface area (Å²) in [5, 5.41) is 10.6. The van der Waals surface area contributed by atoms with Crippen LogP contribution in [0.2, 0.25) is 0 Å². The Morgan fingerprint density at radius 3 is 2.15 bits per heavy atom. The Morgan fingerprint density at radius 1 is 0.800 bits per heavy atom. The number of H-pyrrole nitrogens is 1. The first-order valence-electron chi connectivity index (χ1n) is 21.7. The molecule has 5 fully saturated rings. The fourth-order valence-electron chi connectivity index (χ4n) is 9.96. The summed E-state index contributed by atoms with van der Waals surface area (Å²) >= 11 is 0. The molecule has 10 rings (SSSR count). The predicted octanol–water partition coefficient (Wildman–Crippen LogP) is 4.74. The molecule has 1 atom stereocenters. The number of ether oxygens (including phenoxy) is 1. The topological polar surface area (TPSA) is 143 Å². The molecule has 6 aliphatic rings. The van der Waals surface area contributed by atoms with Crippen molar-refractivity contribution in [1.29, 1.82) is 0 Å². The number of fused-ring (bicyclic) bond motifs is 2. The maximum atomic E-state index is 15.5. The first kappa shape index (κ1) is 38.9. The van der Waals surface area contributed by atoms with Gasteiger partial charge in [0.25, 0.3) is 5.91 Å².